The summed E-state index contributed by atoms with van der Waals surface area (Å²) in [6, 6.07) is 12.5. The van der Waals surface area contributed by atoms with E-state index in [1.807, 2.05) is 19.1 Å². The van der Waals surface area contributed by atoms with Gasteiger partial charge < -0.3 is 5.32 Å². The highest BCUT2D eigenvalue weighted by Crippen LogP contribution is 2.09. The van der Waals surface area contributed by atoms with Crippen LogP contribution in [0.25, 0.3) is 0 Å². The van der Waals surface area contributed by atoms with Crippen LogP contribution in [0.2, 0.25) is 0 Å². The van der Waals surface area contributed by atoms with Gasteiger partial charge in [0.1, 0.15) is 11.6 Å². The van der Waals surface area contributed by atoms with Crippen LogP contribution in [-0.2, 0) is 12.8 Å². The Bertz CT molecular complexity index is 509. The van der Waals surface area contributed by atoms with Crippen LogP contribution in [0, 0.1) is 6.92 Å². The molecule has 0 spiro atoms. The molecule has 0 bridgehead atoms. The lowest BCUT2D eigenvalue weighted by Crippen LogP contribution is -2.07. The zero-order valence-electron chi connectivity index (χ0n) is 11.7. The van der Waals surface area contributed by atoms with Crippen LogP contribution in [0.1, 0.15) is 30.4 Å². The van der Waals surface area contributed by atoms with Crippen LogP contribution in [0.5, 0.6) is 0 Å². The topological polar surface area (TPSA) is 37.8 Å². The van der Waals surface area contributed by atoms with E-state index in [4.69, 9.17) is 0 Å². The molecule has 19 heavy (non-hydrogen) atoms. The molecular formula is C16H21N3. The molecule has 1 N–H and O–H groups in total. The Kier molecular flexibility index (Phi) is 4.90. The monoisotopic (exact) mass is 255 g/mol. The van der Waals surface area contributed by atoms with Crippen molar-refractivity contribution >= 4 is 5.82 Å². The molecule has 0 amide bonds. The molecule has 0 saturated carbocycles. The van der Waals surface area contributed by atoms with Crippen LogP contribution < -0.4 is 5.32 Å². The quantitative estimate of drug-likeness (QED) is 0.859. The predicted molar refractivity (Wildman–Crippen MR) is 79.4 cm³/mol. The molecular weight excluding hydrogens is 234 g/mol. The molecule has 0 atom stereocenters. The first-order valence-electron chi connectivity index (χ1n) is 6.90. The summed E-state index contributed by atoms with van der Waals surface area (Å²) in [5, 5.41) is 3.32. The summed E-state index contributed by atoms with van der Waals surface area (Å²) in [7, 11) is 0. The van der Waals surface area contributed by atoms with Crippen molar-refractivity contribution in [2.24, 2.45) is 0 Å². The summed E-state index contributed by atoms with van der Waals surface area (Å²) in [5.41, 5.74) is 2.35. The Morgan fingerprint density at radius 1 is 1.05 bits per heavy atom. The minimum atomic E-state index is 0.881. The second kappa shape index (κ2) is 6.88. The minimum Gasteiger partial charge on any atom is -0.370 e. The number of aryl methyl sites for hydroxylation is 3. The Morgan fingerprint density at radius 2 is 1.84 bits per heavy atom. The van der Waals surface area contributed by atoms with Gasteiger partial charge in [-0.25, -0.2) is 9.97 Å². The zero-order chi connectivity index (χ0) is 13.5. The summed E-state index contributed by atoms with van der Waals surface area (Å²) < 4.78 is 0. The molecule has 1 aromatic heterocycles. The highest BCUT2D eigenvalue weighted by molar-refractivity contribution is 5.35. The number of nitrogens with one attached hydrogen (secondary N) is 1. The lowest BCUT2D eigenvalue weighted by molar-refractivity contribution is 0.842. The number of hydrogen-bond acceptors (Lipinski definition) is 3. The van der Waals surface area contributed by atoms with E-state index in [-0.39, 0.29) is 0 Å². The van der Waals surface area contributed by atoms with Gasteiger partial charge >= 0.3 is 0 Å². The second-order valence-electron chi connectivity index (χ2n) is 4.72. The fourth-order valence-electron chi connectivity index (χ4n) is 1.99. The fraction of sp³-hybridized carbons (Fsp3) is 0.375. The molecule has 3 nitrogen and oxygen atoms in total. The van der Waals surface area contributed by atoms with E-state index in [0.29, 0.717) is 0 Å². The van der Waals surface area contributed by atoms with Gasteiger partial charge in [-0.3, -0.25) is 0 Å². The molecule has 2 aromatic rings. The van der Waals surface area contributed by atoms with Crippen LogP contribution in [0.4, 0.5) is 5.82 Å². The highest BCUT2D eigenvalue weighted by atomic mass is 15.0. The summed E-state index contributed by atoms with van der Waals surface area (Å²) in [6.07, 6.45) is 2.96. The van der Waals surface area contributed by atoms with Gasteiger partial charge in [-0.1, -0.05) is 37.3 Å². The second-order valence-corrected chi connectivity index (χ2v) is 4.72. The zero-order valence-corrected chi connectivity index (χ0v) is 11.7. The molecule has 0 fully saturated rings. The third kappa shape index (κ3) is 4.36. The largest absolute Gasteiger partial charge is 0.370 e. The van der Waals surface area contributed by atoms with E-state index in [2.05, 4.69) is 46.5 Å². The number of benzene rings is 1. The molecule has 1 aromatic carbocycles. The number of rotatable bonds is 6. The van der Waals surface area contributed by atoms with Gasteiger partial charge in [0.25, 0.3) is 0 Å². The summed E-state index contributed by atoms with van der Waals surface area (Å²) in [5.74, 6) is 1.86. The van der Waals surface area contributed by atoms with Gasteiger partial charge in [0.05, 0.1) is 0 Å². The van der Waals surface area contributed by atoms with Crippen molar-refractivity contribution in [1.82, 2.24) is 9.97 Å². The molecule has 0 aliphatic rings. The average Bonchev–Trinajstić information content (AvgIpc) is 2.43. The van der Waals surface area contributed by atoms with E-state index in [1.54, 1.807) is 0 Å². The molecule has 0 aliphatic carbocycles. The van der Waals surface area contributed by atoms with Crippen molar-refractivity contribution in [3.05, 3.63) is 53.5 Å². The van der Waals surface area contributed by atoms with E-state index in [9.17, 15) is 0 Å². The summed E-state index contributed by atoms with van der Waals surface area (Å²) in [6.45, 7) is 5.12. The lowest BCUT2D eigenvalue weighted by Gasteiger charge is -2.07. The Morgan fingerprint density at radius 3 is 2.58 bits per heavy atom. The van der Waals surface area contributed by atoms with E-state index in [0.717, 1.165) is 43.1 Å². The highest BCUT2D eigenvalue weighted by Gasteiger charge is 2.02. The van der Waals surface area contributed by atoms with Crippen molar-refractivity contribution in [1.29, 1.82) is 0 Å². The van der Waals surface area contributed by atoms with Crippen LogP contribution in [-0.4, -0.2) is 16.5 Å². The van der Waals surface area contributed by atoms with Crippen molar-refractivity contribution in [2.75, 3.05) is 11.9 Å². The summed E-state index contributed by atoms with van der Waals surface area (Å²) >= 11 is 0. The Labute approximate surface area is 115 Å². The minimum absolute atomic E-state index is 0.881. The van der Waals surface area contributed by atoms with Gasteiger partial charge in [0.15, 0.2) is 0 Å². The van der Waals surface area contributed by atoms with Crippen LogP contribution in [0.15, 0.2) is 36.4 Å². The van der Waals surface area contributed by atoms with Gasteiger partial charge in [-0.05, 0) is 25.3 Å². The molecule has 0 saturated heterocycles. The molecule has 0 aliphatic heterocycles. The normalized spacial score (nSPS) is 10.4. The maximum atomic E-state index is 4.56. The Balaban J connectivity index is 2.01. The lowest BCUT2D eigenvalue weighted by atomic mass is 10.1. The average molecular weight is 255 g/mol. The molecule has 2 rings (SSSR count). The number of anilines is 1. The van der Waals surface area contributed by atoms with Gasteiger partial charge in [-0.2, -0.15) is 0 Å². The first kappa shape index (κ1) is 13.5. The van der Waals surface area contributed by atoms with Crippen molar-refractivity contribution in [2.45, 2.75) is 33.1 Å². The van der Waals surface area contributed by atoms with Gasteiger partial charge in [0, 0.05) is 24.7 Å². The first-order chi connectivity index (χ1) is 9.28. The van der Waals surface area contributed by atoms with E-state index < -0.39 is 0 Å². The number of hydrogen-bond donors (Lipinski definition) is 1. The van der Waals surface area contributed by atoms with Gasteiger partial charge in [0.2, 0.25) is 0 Å². The number of aromatic nitrogens is 2. The van der Waals surface area contributed by atoms with E-state index in [1.165, 1.54) is 5.56 Å². The SMILES string of the molecule is CCCNc1cc(C)nc(CCc2ccccc2)n1. The Hall–Kier alpha value is -1.90. The van der Waals surface area contributed by atoms with Crippen molar-refractivity contribution in [3.8, 4) is 0 Å². The molecule has 3 heteroatoms. The van der Waals surface area contributed by atoms with Gasteiger partial charge in [-0.15, -0.1) is 0 Å². The number of nitrogens with zero attached hydrogens (tertiary/aromatic N) is 2. The van der Waals surface area contributed by atoms with Crippen molar-refractivity contribution in [3.63, 3.8) is 0 Å². The smallest absolute Gasteiger partial charge is 0.131 e. The van der Waals surface area contributed by atoms with E-state index >= 15 is 0 Å². The van der Waals surface area contributed by atoms with Crippen molar-refractivity contribution < 1.29 is 0 Å². The first-order valence-corrected chi connectivity index (χ1v) is 6.90. The molecule has 1 heterocycles. The fourth-order valence-corrected chi connectivity index (χ4v) is 1.99. The molecule has 0 radical (unpaired) electrons. The standard InChI is InChI=1S/C16H21N3/c1-3-11-17-16-12-13(2)18-15(19-16)10-9-14-7-5-4-6-8-14/h4-8,12H,3,9-11H2,1-2H3,(H,17,18,19). The maximum Gasteiger partial charge on any atom is 0.131 e. The predicted octanol–water partition coefficient (Wildman–Crippen LogP) is 3.39. The summed E-state index contributed by atoms with van der Waals surface area (Å²) in [4.78, 5) is 9.07. The molecule has 100 valence electrons. The third-order valence-corrected chi connectivity index (χ3v) is 2.94. The van der Waals surface area contributed by atoms with Crippen LogP contribution in [0.3, 0.4) is 0 Å². The molecule has 0 unspecified atom stereocenters. The third-order valence-electron chi connectivity index (χ3n) is 2.94. The maximum absolute atomic E-state index is 4.56. The van der Waals surface area contributed by atoms with Crippen LogP contribution >= 0.6 is 0 Å².